The summed E-state index contributed by atoms with van der Waals surface area (Å²) in [6.45, 7) is 1.27. The summed E-state index contributed by atoms with van der Waals surface area (Å²) in [7, 11) is -4.21. The van der Waals surface area contributed by atoms with Gasteiger partial charge in [-0.3, -0.25) is 9.59 Å². The molecule has 4 aromatic rings. The van der Waals surface area contributed by atoms with E-state index in [9.17, 15) is 22.4 Å². The fourth-order valence-electron chi connectivity index (χ4n) is 3.67. The molecule has 12 heteroatoms. The first kappa shape index (κ1) is 29.0. The second-order valence-electron chi connectivity index (χ2n) is 8.61. The predicted molar refractivity (Wildman–Crippen MR) is 150 cm³/mol. The number of carbonyl (C=O) groups excluding carboxylic acids is 2. The number of nitrogens with zero attached hydrogens (tertiary/aromatic N) is 1. The number of pyridine rings is 1. The lowest BCUT2D eigenvalue weighted by Crippen LogP contribution is -2.31. The van der Waals surface area contributed by atoms with Crippen LogP contribution in [0.4, 0.5) is 10.1 Å². The summed E-state index contributed by atoms with van der Waals surface area (Å²) in [6, 6.07) is 19.2. The molecule has 1 heterocycles. The summed E-state index contributed by atoms with van der Waals surface area (Å²) in [5, 5.41) is 3.24. The molecule has 0 bridgehead atoms. The number of anilines is 1. The normalized spacial score (nSPS) is 11.1. The van der Waals surface area contributed by atoms with Gasteiger partial charge in [-0.1, -0.05) is 35.3 Å². The van der Waals surface area contributed by atoms with Crippen molar-refractivity contribution >= 4 is 50.7 Å². The average molecular weight is 602 g/mol. The van der Waals surface area contributed by atoms with Gasteiger partial charge in [0.05, 0.1) is 4.90 Å². The maximum atomic E-state index is 14.2. The van der Waals surface area contributed by atoms with Crippen LogP contribution in [-0.2, 0) is 27.8 Å². The highest BCUT2D eigenvalue weighted by atomic mass is 35.5. The monoisotopic (exact) mass is 601 g/mol. The maximum absolute atomic E-state index is 14.2. The minimum Gasteiger partial charge on any atom is -0.489 e. The molecule has 1 aromatic heterocycles. The van der Waals surface area contributed by atoms with Gasteiger partial charge in [0.25, 0.3) is 15.9 Å². The molecular formula is C28H22Cl2FN3O5S. The highest BCUT2D eigenvalue weighted by Crippen LogP contribution is 2.27. The topological polar surface area (TPSA) is 114 Å². The Morgan fingerprint density at radius 1 is 0.925 bits per heavy atom. The summed E-state index contributed by atoms with van der Waals surface area (Å²) in [4.78, 5) is 28.1. The van der Waals surface area contributed by atoms with Crippen molar-refractivity contribution in [3.05, 3.63) is 117 Å². The van der Waals surface area contributed by atoms with E-state index in [0.29, 0.717) is 33.3 Å². The number of aromatic nitrogens is 1. The van der Waals surface area contributed by atoms with Crippen LogP contribution in [0.3, 0.4) is 0 Å². The Morgan fingerprint density at radius 2 is 1.62 bits per heavy atom. The molecule has 206 valence electrons. The molecule has 0 spiro atoms. The van der Waals surface area contributed by atoms with E-state index < -0.39 is 21.7 Å². The summed E-state index contributed by atoms with van der Waals surface area (Å²) in [5.41, 5.74) is 1.67. The van der Waals surface area contributed by atoms with Crippen molar-refractivity contribution in [1.82, 2.24) is 9.71 Å². The first-order valence-corrected chi connectivity index (χ1v) is 14.0. The first-order valence-electron chi connectivity index (χ1n) is 11.8. The van der Waals surface area contributed by atoms with Crippen LogP contribution in [-0.4, -0.2) is 25.2 Å². The van der Waals surface area contributed by atoms with Crippen LogP contribution in [0.2, 0.25) is 10.0 Å². The Hall–Kier alpha value is -3.99. The van der Waals surface area contributed by atoms with Crippen molar-refractivity contribution in [2.75, 3.05) is 5.32 Å². The summed E-state index contributed by atoms with van der Waals surface area (Å²) in [5.74, 6) is -1.29. The van der Waals surface area contributed by atoms with E-state index >= 15 is 0 Å². The standard InChI is InChI=1S/C28H22Cl2FN3O5S/c1-17(35)32-22-8-10-24(11-9-22)40(37,38)34-28(36)26-4-2-3-23(33-26)14-19-13-20(29)7-12-27(19)39-16-18-5-6-21(30)15-25(18)31/h2-13,15H,14,16H2,1H3,(H,32,35)(H,34,36). The minimum absolute atomic E-state index is 0.0584. The lowest BCUT2D eigenvalue weighted by atomic mass is 10.1. The van der Waals surface area contributed by atoms with Gasteiger partial charge in [0, 0.05) is 45.9 Å². The van der Waals surface area contributed by atoms with E-state index in [1.54, 1.807) is 36.4 Å². The number of halogens is 3. The molecule has 40 heavy (non-hydrogen) atoms. The molecule has 0 saturated heterocycles. The number of benzene rings is 3. The molecule has 0 fully saturated rings. The van der Waals surface area contributed by atoms with E-state index in [1.165, 1.54) is 49.4 Å². The zero-order chi connectivity index (χ0) is 28.9. The number of hydrogen-bond donors (Lipinski definition) is 2. The molecule has 0 aliphatic rings. The number of carbonyl (C=O) groups is 2. The van der Waals surface area contributed by atoms with E-state index in [4.69, 9.17) is 27.9 Å². The molecule has 0 radical (unpaired) electrons. The van der Waals surface area contributed by atoms with E-state index in [2.05, 4.69) is 10.3 Å². The highest BCUT2D eigenvalue weighted by molar-refractivity contribution is 7.90. The predicted octanol–water partition coefficient (Wildman–Crippen LogP) is 5.77. The van der Waals surface area contributed by atoms with Gasteiger partial charge in [-0.05, 0) is 66.7 Å². The third-order valence-corrected chi connectivity index (χ3v) is 7.36. The van der Waals surface area contributed by atoms with Crippen molar-refractivity contribution in [2.24, 2.45) is 0 Å². The second-order valence-corrected chi connectivity index (χ2v) is 11.2. The van der Waals surface area contributed by atoms with Crippen molar-refractivity contribution < 1.29 is 27.1 Å². The molecule has 0 aliphatic carbocycles. The Labute approximate surface area is 240 Å². The van der Waals surface area contributed by atoms with Crippen molar-refractivity contribution in [1.29, 1.82) is 0 Å². The third-order valence-electron chi connectivity index (χ3n) is 5.54. The lowest BCUT2D eigenvalue weighted by molar-refractivity contribution is -0.114. The van der Waals surface area contributed by atoms with Gasteiger partial charge < -0.3 is 10.1 Å². The Bertz CT molecular complexity index is 1680. The Kier molecular flexibility index (Phi) is 9.03. The van der Waals surface area contributed by atoms with Crippen LogP contribution in [0.25, 0.3) is 0 Å². The number of nitrogens with one attached hydrogen (secondary N) is 2. The van der Waals surface area contributed by atoms with Crippen molar-refractivity contribution in [2.45, 2.75) is 24.8 Å². The van der Waals surface area contributed by atoms with Gasteiger partial charge in [-0.15, -0.1) is 0 Å². The number of rotatable bonds is 9. The minimum atomic E-state index is -4.21. The molecule has 0 aliphatic heterocycles. The fourth-order valence-corrected chi connectivity index (χ4v) is 4.99. The zero-order valence-corrected chi connectivity index (χ0v) is 23.3. The highest BCUT2D eigenvalue weighted by Gasteiger charge is 2.20. The number of ether oxygens (including phenoxy) is 1. The summed E-state index contributed by atoms with van der Waals surface area (Å²) < 4.78 is 47.5. The zero-order valence-electron chi connectivity index (χ0n) is 21.0. The summed E-state index contributed by atoms with van der Waals surface area (Å²) >= 11 is 12.0. The SMILES string of the molecule is CC(=O)Nc1ccc(S(=O)(=O)NC(=O)c2cccc(Cc3cc(Cl)ccc3OCc3ccc(Cl)cc3F)n2)cc1. The van der Waals surface area contributed by atoms with Crippen LogP contribution in [0.5, 0.6) is 5.75 Å². The Morgan fingerprint density at radius 3 is 2.33 bits per heavy atom. The molecule has 0 unspecified atom stereocenters. The van der Waals surface area contributed by atoms with Gasteiger partial charge in [0.1, 0.15) is 23.9 Å². The molecule has 8 nitrogen and oxygen atoms in total. The largest absolute Gasteiger partial charge is 0.489 e. The molecule has 3 aromatic carbocycles. The van der Waals surface area contributed by atoms with Crippen LogP contribution in [0.15, 0.2) is 83.8 Å². The smallest absolute Gasteiger partial charge is 0.283 e. The fraction of sp³-hybridized carbons (Fsp3) is 0.107. The second kappa shape index (κ2) is 12.5. The van der Waals surface area contributed by atoms with Crippen LogP contribution >= 0.6 is 23.2 Å². The number of amides is 2. The quantitative estimate of drug-likeness (QED) is 0.251. The molecule has 2 N–H and O–H groups in total. The molecule has 2 amide bonds. The van der Waals surface area contributed by atoms with Gasteiger partial charge in [0.15, 0.2) is 0 Å². The van der Waals surface area contributed by atoms with Gasteiger partial charge in [0.2, 0.25) is 5.91 Å². The van der Waals surface area contributed by atoms with Crippen molar-refractivity contribution in [3.63, 3.8) is 0 Å². The van der Waals surface area contributed by atoms with Gasteiger partial charge >= 0.3 is 0 Å². The van der Waals surface area contributed by atoms with Crippen LogP contribution in [0.1, 0.15) is 34.2 Å². The molecule has 0 atom stereocenters. The molecule has 4 rings (SSSR count). The molecule has 0 saturated carbocycles. The maximum Gasteiger partial charge on any atom is 0.283 e. The Balaban J connectivity index is 1.48. The van der Waals surface area contributed by atoms with Crippen LogP contribution in [0, 0.1) is 5.82 Å². The van der Waals surface area contributed by atoms with E-state index in [0.717, 1.165) is 0 Å². The van der Waals surface area contributed by atoms with Gasteiger partial charge in [-0.2, -0.15) is 0 Å². The lowest BCUT2D eigenvalue weighted by Gasteiger charge is -2.13. The average Bonchev–Trinajstić information content (AvgIpc) is 2.89. The van der Waals surface area contributed by atoms with Crippen molar-refractivity contribution in [3.8, 4) is 5.75 Å². The number of hydrogen-bond acceptors (Lipinski definition) is 6. The van der Waals surface area contributed by atoms with E-state index in [1.807, 2.05) is 4.72 Å². The summed E-state index contributed by atoms with van der Waals surface area (Å²) in [6.07, 6.45) is 0.192. The van der Waals surface area contributed by atoms with Gasteiger partial charge in [-0.25, -0.2) is 22.5 Å². The third kappa shape index (κ3) is 7.56. The van der Waals surface area contributed by atoms with E-state index in [-0.39, 0.29) is 34.5 Å². The van der Waals surface area contributed by atoms with Crippen LogP contribution < -0.4 is 14.8 Å². The number of sulfonamides is 1. The first-order chi connectivity index (χ1) is 19.0. The molecular weight excluding hydrogens is 580 g/mol.